The van der Waals surface area contributed by atoms with Gasteiger partial charge in [-0.15, -0.1) is 11.3 Å². The maximum absolute atomic E-state index is 12.6. The number of fused-ring (bicyclic) bond motifs is 1. The van der Waals surface area contributed by atoms with Gasteiger partial charge in [-0.3, -0.25) is 14.4 Å². The van der Waals surface area contributed by atoms with Gasteiger partial charge in [0.15, 0.2) is 0 Å². The van der Waals surface area contributed by atoms with Crippen LogP contribution in [0.1, 0.15) is 17.7 Å². The maximum atomic E-state index is 12.6. The van der Waals surface area contributed by atoms with Crippen LogP contribution in [0.3, 0.4) is 0 Å². The fourth-order valence-corrected chi connectivity index (χ4v) is 5.00. The quantitative estimate of drug-likeness (QED) is 0.853. The van der Waals surface area contributed by atoms with Crippen molar-refractivity contribution in [1.82, 2.24) is 19.6 Å². The van der Waals surface area contributed by atoms with Crippen LogP contribution in [0.25, 0.3) is 0 Å². The molecule has 0 unspecified atom stereocenters. The molecule has 24 heavy (non-hydrogen) atoms. The molecule has 2 aromatic rings. The molecule has 4 rings (SSSR count). The van der Waals surface area contributed by atoms with Gasteiger partial charge in [0.05, 0.1) is 13.0 Å². The Bertz CT molecular complexity index is 669. The molecule has 5 nitrogen and oxygen atoms in total. The molecule has 6 heteroatoms. The van der Waals surface area contributed by atoms with E-state index in [0.29, 0.717) is 24.4 Å². The van der Waals surface area contributed by atoms with E-state index in [-0.39, 0.29) is 5.91 Å². The Balaban J connectivity index is 1.37. The highest BCUT2D eigenvalue weighted by molar-refractivity contribution is 7.10. The van der Waals surface area contributed by atoms with Gasteiger partial charge in [-0.2, -0.15) is 5.10 Å². The first-order valence-electron chi connectivity index (χ1n) is 8.70. The number of carbonyl (C=O) groups is 1. The van der Waals surface area contributed by atoms with Crippen molar-refractivity contribution in [2.45, 2.75) is 37.9 Å². The van der Waals surface area contributed by atoms with Crippen molar-refractivity contribution in [1.29, 1.82) is 0 Å². The topological polar surface area (TPSA) is 41.4 Å². The summed E-state index contributed by atoms with van der Waals surface area (Å²) in [5.41, 5.74) is 0. The van der Waals surface area contributed by atoms with Crippen LogP contribution in [0.5, 0.6) is 0 Å². The third kappa shape index (κ3) is 3.13. The first-order valence-corrected chi connectivity index (χ1v) is 9.58. The minimum absolute atomic E-state index is 0.286. The van der Waals surface area contributed by atoms with E-state index in [1.165, 1.54) is 4.88 Å². The number of hydrogen-bond acceptors (Lipinski definition) is 4. The molecule has 1 amide bonds. The van der Waals surface area contributed by atoms with Gasteiger partial charge in [-0.05, 0) is 43.3 Å². The number of likely N-dealkylation sites (tertiary alicyclic amines) is 2. The molecule has 2 aromatic heterocycles. The summed E-state index contributed by atoms with van der Waals surface area (Å²) in [5.74, 6) is 0.880. The number of likely N-dealkylation sites (N-methyl/N-ethyl adjacent to an activating group) is 1. The average Bonchev–Trinajstić information content (AvgIpc) is 3.31. The van der Waals surface area contributed by atoms with Crippen LogP contribution in [0.15, 0.2) is 36.0 Å². The largest absolute Gasteiger partial charge is 0.342 e. The van der Waals surface area contributed by atoms with Crippen molar-refractivity contribution >= 4 is 17.2 Å². The van der Waals surface area contributed by atoms with Gasteiger partial charge >= 0.3 is 0 Å². The number of thiophene rings is 1. The number of aromatic nitrogens is 2. The lowest BCUT2D eigenvalue weighted by Crippen LogP contribution is -2.48. The van der Waals surface area contributed by atoms with E-state index in [9.17, 15) is 4.79 Å². The standard InChI is InChI=1S/C18H24N4OS/c1-20-15(13-22-7-3-6-19-22)10-14-12-21(8-5-17(14)20)18(23)11-16-4-2-9-24-16/h2-4,6-7,9,14-15,17H,5,8,10-13H2,1H3/t14-,15+,17+/m1/s1. The molecule has 0 N–H and O–H groups in total. The molecule has 128 valence electrons. The second-order valence-corrected chi connectivity index (χ2v) is 8.03. The summed E-state index contributed by atoms with van der Waals surface area (Å²) >= 11 is 1.67. The summed E-state index contributed by atoms with van der Waals surface area (Å²) in [6, 6.07) is 7.18. The first kappa shape index (κ1) is 15.8. The molecule has 0 aliphatic carbocycles. The molecule has 2 aliphatic heterocycles. The number of nitrogens with zero attached hydrogens (tertiary/aromatic N) is 4. The Hall–Kier alpha value is -1.66. The van der Waals surface area contributed by atoms with Crippen LogP contribution in [-0.4, -0.2) is 57.7 Å². The normalized spacial score (nSPS) is 27.4. The van der Waals surface area contributed by atoms with Crippen molar-refractivity contribution in [2.24, 2.45) is 5.92 Å². The van der Waals surface area contributed by atoms with E-state index in [0.717, 1.165) is 32.5 Å². The third-order valence-electron chi connectivity index (χ3n) is 5.58. The maximum Gasteiger partial charge on any atom is 0.227 e. The van der Waals surface area contributed by atoms with Crippen LogP contribution in [-0.2, 0) is 17.8 Å². The molecule has 0 spiro atoms. The molecule has 2 aliphatic rings. The SMILES string of the molecule is CN1[C@H](Cn2cccn2)C[C@@H]2CN(C(=O)Cc3cccs3)CC[C@@H]21. The Morgan fingerprint density at radius 1 is 1.42 bits per heavy atom. The molecular weight excluding hydrogens is 320 g/mol. The van der Waals surface area contributed by atoms with Crippen LogP contribution in [0.2, 0.25) is 0 Å². The molecule has 2 fully saturated rings. The highest BCUT2D eigenvalue weighted by atomic mass is 32.1. The summed E-state index contributed by atoms with van der Waals surface area (Å²) in [5, 5.41) is 6.39. The molecule has 0 radical (unpaired) electrons. The highest BCUT2D eigenvalue weighted by Gasteiger charge is 2.42. The van der Waals surface area contributed by atoms with E-state index in [2.05, 4.69) is 28.0 Å². The van der Waals surface area contributed by atoms with Crippen LogP contribution in [0.4, 0.5) is 0 Å². The summed E-state index contributed by atoms with van der Waals surface area (Å²) < 4.78 is 2.03. The van der Waals surface area contributed by atoms with Gasteiger partial charge < -0.3 is 4.90 Å². The lowest BCUT2D eigenvalue weighted by molar-refractivity contribution is -0.132. The van der Waals surface area contributed by atoms with Gasteiger partial charge in [0.25, 0.3) is 0 Å². The van der Waals surface area contributed by atoms with E-state index < -0.39 is 0 Å². The molecule has 4 heterocycles. The number of piperidine rings is 1. The van der Waals surface area contributed by atoms with Crippen molar-refractivity contribution < 1.29 is 4.79 Å². The molecule has 0 bridgehead atoms. The molecular formula is C18H24N4OS. The second kappa shape index (κ2) is 6.69. The smallest absolute Gasteiger partial charge is 0.227 e. The fraction of sp³-hybridized carbons (Fsp3) is 0.556. The van der Waals surface area contributed by atoms with Crippen molar-refractivity contribution in [3.05, 3.63) is 40.8 Å². The Labute approximate surface area is 146 Å². The van der Waals surface area contributed by atoms with E-state index >= 15 is 0 Å². The van der Waals surface area contributed by atoms with E-state index in [1.807, 2.05) is 34.6 Å². The van der Waals surface area contributed by atoms with Gasteiger partial charge in [0, 0.05) is 42.4 Å². The monoisotopic (exact) mass is 344 g/mol. The lowest BCUT2D eigenvalue weighted by Gasteiger charge is -2.37. The van der Waals surface area contributed by atoms with E-state index in [4.69, 9.17) is 0 Å². The zero-order valence-electron chi connectivity index (χ0n) is 14.0. The average molecular weight is 344 g/mol. The Morgan fingerprint density at radius 3 is 3.08 bits per heavy atom. The predicted molar refractivity (Wildman–Crippen MR) is 94.9 cm³/mol. The molecule has 2 saturated heterocycles. The zero-order chi connectivity index (χ0) is 16.5. The lowest BCUT2D eigenvalue weighted by atomic mass is 9.92. The van der Waals surface area contributed by atoms with Crippen LogP contribution in [0, 0.1) is 5.92 Å². The van der Waals surface area contributed by atoms with Crippen molar-refractivity contribution in [3.63, 3.8) is 0 Å². The zero-order valence-corrected chi connectivity index (χ0v) is 14.9. The van der Waals surface area contributed by atoms with Gasteiger partial charge in [0.1, 0.15) is 0 Å². The first-order chi connectivity index (χ1) is 11.7. The number of hydrogen-bond donors (Lipinski definition) is 0. The second-order valence-electron chi connectivity index (χ2n) is 7.00. The summed E-state index contributed by atoms with van der Waals surface area (Å²) in [4.78, 5) is 18.4. The summed E-state index contributed by atoms with van der Waals surface area (Å²) in [7, 11) is 2.24. The molecule has 3 atom stereocenters. The van der Waals surface area contributed by atoms with Crippen LogP contribution < -0.4 is 0 Å². The molecule has 0 saturated carbocycles. The van der Waals surface area contributed by atoms with Crippen LogP contribution >= 0.6 is 11.3 Å². The number of amides is 1. The van der Waals surface area contributed by atoms with Crippen molar-refractivity contribution in [2.75, 3.05) is 20.1 Å². The predicted octanol–water partition coefficient (Wildman–Crippen LogP) is 2.11. The van der Waals surface area contributed by atoms with Gasteiger partial charge in [-0.1, -0.05) is 6.07 Å². The van der Waals surface area contributed by atoms with Crippen molar-refractivity contribution in [3.8, 4) is 0 Å². The Kier molecular flexibility index (Phi) is 4.41. The third-order valence-corrected chi connectivity index (χ3v) is 6.46. The summed E-state index contributed by atoms with van der Waals surface area (Å²) in [6.45, 7) is 2.75. The number of rotatable bonds is 4. The minimum Gasteiger partial charge on any atom is -0.342 e. The highest BCUT2D eigenvalue weighted by Crippen LogP contribution is 2.35. The van der Waals surface area contributed by atoms with Gasteiger partial charge in [0.2, 0.25) is 5.91 Å². The summed E-state index contributed by atoms with van der Waals surface area (Å²) in [6.07, 6.45) is 6.68. The molecule has 0 aromatic carbocycles. The number of carbonyl (C=O) groups excluding carboxylic acids is 1. The fourth-order valence-electron chi connectivity index (χ4n) is 4.30. The van der Waals surface area contributed by atoms with E-state index in [1.54, 1.807) is 11.3 Å². The Morgan fingerprint density at radius 2 is 2.33 bits per heavy atom. The van der Waals surface area contributed by atoms with Gasteiger partial charge in [-0.25, -0.2) is 0 Å². The minimum atomic E-state index is 0.286.